The van der Waals surface area contributed by atoms with Gasteiger partial charge in [-0.2, -0.15) is 0 Å². The molecule has 0 aliphatic heterocycles. The first-order valence-corrected chi connectivity index (χ1v) is 5.19. The molecule has 0 saturated carbocycles. The minimum Gasteiger partial charge on any atom is -0.461 e. The van der Waals surface area contributed by atoms with E-state index in [4.69, 9.17) is 4.74 Å². The number of carbonyl (C=O) groups is 1. The number of carbonyl (C=O) groups excluding carboxylic acids is 1. The van der Waals surface area contributed by atoms with Crippen LogP contribution in [0, 0.1) is 0 Å². The zero-order valence-electron chi connectivity index (χ0n) is 7.98. The molecule has 0 radical (unpaired) electrons. The van der Waals surface area contributed by atoms with Gasteiger partial charge in [-0.15, -0.1) is 5.10 Å². The van der Waals surface area contributed by atoms with Gasteiger partial charge >= 0.3 is 5.97 Å². The van der Waals surface area contributed by atoms with Crippen LogP contribution in [0.3, 0.4) is 0 Å². The second kappa shape index (κ2) is 3.98. The van der Waals surface area contributed by atoms with E-state index in [-0.39, 0.29) is 5.69 Å². The zero-order valence-corrected chi connectivity index (χ0v) is 9.56. The summed E-state index contributed by atoms with van der Waals surface area (Å²) in [4.78, 5) is 11.5. The van der Waals surface area contributed by atoms with Crippen LogP contribution in [-0.4, -0.2) is 27.4 Å². The number of fused-ring (bicyclic) bond motifs is 1. The third-order valence-electron chi connectivity index (χ3n) is 1.85. The minimum atomic E-state index is -0.453. The van der Waals surface area contributed by atoms with Crippen LogP contribution in [0.2, 0.25) is 0 Å². The van der Waals surface area contributed by atoms with Crippen LogP contribution in [-0.2, 0) is 4.74 Å². The van der Waals surface area contributed by atoms with Gasteiger partial charge in [0.2, 0.25) is 0 Å². The van der Waals surface area contributed by atoms with Crippen LogP contribution in [0.15, 0.2) is 22.8 Å². The van der Waals surface area contributed by atoms with Crippen molar-refractivity contribution in [1.82, 2.24) is 14.8 Å². The Hall–Kier alpha value is -1.43. The highest BCUT2D eigenvalue weighted by molar-refractivity contribution is 9.10. The fraction of sp³-hybridized carbons (Fsp3) is 0.222. The highest BCUT2D eigenvalue weighted by Crippen LogP contribution is 2.15. The molecule has 0 aliphatic rings. The lowest BCUT2D eigenvalue weighted by molar-refractivity contribution is 0.0521. The maximum Gasteiger partial charge on any atom is 0.361 e. The Labute approximate surface area is 94.2 Å². The predicted octanol–water partition coefficient (Wildman–Crippen LogP) is 1.67. The second-order valence-electron chi connectivity index (χ2n) is 2.83. The smallest absolute Gasteiger partial charge is 0.361 e. The van der Waals surface area contributed by atoms with Crippen LogP contribution >= 0.6 is 15.9 Å². The average molecular weight is 270 g/mol. The first kappa shape index (κ1) is 10.1. The number of hydrogen-bond donors (Lipinski definition) is 0. The van der Waals surface area contributed by atoms with Crippen molar-refractivity contribution < 1.29 is 9.53 Å². The quantitative estimate of drug-likeness (QED) is 0.779. The van der Waals surface area contributed by atoms with E-state index < -0.39 is 5.97 Å². The third kappa shape index (κ3) is 1.85. The minimum absolute atomic E-state index is 0.234. The van der Waals surface area contributed by atoms with Crippen LogP contribution < -0.4 is 0 Å². The van der Waals surface area contributed by atoms with Gasteiger partial charge in [0.05, 0.1) is 6.61 Å². The number of aromatic nitrogens is 3. The maximum atomic E-state index is 11.5. The molecule has 78 valence electrons. The van der Waals surface area contributed by atoms with Gasteiger partial charge < -0.3 is 4.74 Å². The number of rotatable bonds is 2. The number of hydrogen-bond acceptors (Lipinski definition) is 4. The predicted molar refractivity (Wildman–Crippen MR) is 56.6 cm³/mol. The summed E-state index contributed by atoms with van der Waals surface area (Å²) in [5.74, 6) is -0.453. The number of ether oxygens (including phenoxy) is 1. The lowest BCUT2D eigenvalue weighted by Gasteiger charge is -1.98. The van der Waals surface area contributed by atoms with Gasteiger partial charge in [0.1, 0.15) is 5.52 Å². The first-order chi connectivity index (χ1) is 7.22. The molecule has 0 bridgehead atoms. The number of halogens is 1. The highest BCUT2D eigenvalue weighted by atomic mass is 79.9. The van der Waals surface area contributed by atoms with Gasteiger partial charge in [0.15, 0.2) is 5.69 Å². The zero-order chi connectivity index (χ0) is 10.8. The number of nitrogens with zero attached hydrogens (tertiary/aromatic N) is 3. The largest absolute Gasteiger partial charge is 0.461 e. The normalized spacial score (nSPS) is 10.5. The van der Waals surface area contributed by atoms with E-state index in [0.717, 1.165) is 4.47 Å². The molecule has 15 heavy (non-hydrogen) atoms. The molecule has 0 amide bonds. The molecule has 0 fully saturated rings. The Kier molecular flexibility index (Phi) is 2.68. The summed E-state index contributed by atoms with van der Waals surface area (Å²) < 4.78 is 7.25. The number of esters is 1. The Morgan fingerprint density at radius 3 is 3.20 bits per heavy atom. The molecule has 0 aliphatic carbocycles. The molecule has 0 unspecified atom stereocenters. The molecule has 2 aromatic rings. The van der Waals surface area contributed by atoms with E-state index >= 15 is 0 Å². The molecule has 5 nitrogen and oxygen atoms in total. The highest BCUT2D eigenvalue weighted by Gasteiger charge is 2.15. The van der Waals surface area contributed by atoms with Crippen LogP contribution in [0.4, 0.5) is 0 Å². The maximum absolute atomic E-state index is 11.5. The van der Waals surface area contributed by atoms with Crippen molar-refractivity contribution in [1.29, 1.82) is 0 Å². The molecule has 0 N–H and O–H groups in total. The van der Waals surface area contributed by atoms with Crippen molar-refractivity contribution in [2.75, 3.05) is 6.61 Å². The molecule has 0 saturated heterocycles. The standard InChI is InChI=1S/C9H8BrN3O2/c1-2-15-9(14)8-7-5-6(10)3-4-13(7)12-11-8/h3-5H,2H2,1H3. The Bertz CT molecular complexity index is 509. The Morgan fingerprint density at radius 1 is 1.67 bits per heavy atom. The van der Waals surface area contributed by atoms with E-state index in [1.54, 1.807) is 19.2 Å². The Balaban J connectivity index is 2.52. The van der Waals surface area contributed by atoms with Crippen LogP contribution in [0.5, 0.6) is 0 Å². The van der Waals surface area contributed by atoms with Gasteiger partial charge in [0.25, 0.3) is 0 Å². The molecular formula is C9H8BrN3O2. The van der Waals surface area contributed by atoms with E-state index in [1.165, 1.54) is 4.52 Å². The summed E-state index contributed by atoms with van der Waals surface area (Å²) in [7, 11) is 0. The first-order valence-electron chi connectivity index (χ1n) is 4.40. The van der Waals surface area contributed by atoms with E-state index in [0.29, 0.717) is 12.1 Å². The summed E-state index contributed by atoms with van der Waals surface area (Å²) >= 11 is 3.32. The lowest BCUT2D eigenvalue weighted by atomic mass is 10.3. The van der Waals surface area contributed by atoms with Gasteiger partial charge in [0, 0.05) is 10.7 Å². The molecule has 2 rings (SSSR count). The summed E-state index contributed by atoms with van der Waals surface area (Å²) in [6, 6.07) is 3.59. The summed E-state index contributed by atoms with van der Waals surface area (Å²) in [5.41, 5.74) is 0.862. The second-order valence-corrected chi connectivity index (χ2v) is 3.75. The summed E-state index contributed by atoms with van der Waals surface area (Å²) in [5, 5.41) is 7.58. The van der Waals surface area contributed by atoms with E-state index in [9.17, 15) is 4.79 Å². The van der Waals surface area contributed by atoms with E-state index in [2.05, 4.69) is 26.2 Å². The van der Waals surface area contributed by atoms with Gasteiger partial charge in [-0.05, 0) is 19.1 Å². The molecule has 2 aromatic heterocycles. The van der Waals surface area contributed by atoms with Crippen molar-refractivity contribution >= 4 is 27.4 Å². The molecule has 6 heteroatoms. The molecule has 0 aromatic carbocycles. The van der Waals surface area contributed by atoms with Crippen LogP contribution in [0.1, 0.15) is 17.4 Å². The third-order valence-corrected chi connectivity index (χ3v) is 2.34. The van der Waals surface area contributed by atoms with Crippen LogP contribution in [0.25, 0.3) is 5.52 Å². The van der Waals surface area contributed by atoms with Crippen molar-refractivity contribution in [3.05, 3.63) is 28.5 Å². The average Bonchev–Trinajstić information content (AvgIpc) is 2.60. The van der Waals surface area contributed by atoms with Gasteiger partial charge in [-0.3, -0.25) is 0 Å². The van der Waals surface area contributed by atoms with Crippen molar-refractivity contribution in [2.24, 2.45) is 0 Å². The van der Waals surface area contributed by atoms with Gasteiger partial charge in [-0.25, -0.2) is 9.31 Å². The summed E-state index contributed by atoms with van der Waals surface area (Å²) in [6.45, 7) is 2.07. The topological polar surface area (TPSA) is 56.5 Å². The summed E-state index contributed by atoms with van der Waals surface area (Å²) in [6.07, 6.45) is 1.72. The molecule has 2 heterocycles. The molecular weight excluding hydrogens is 262 g/mol. The van der Waals surface area contributed by atoms with Crippen molar-refractivity contribution in [2.45, 2.75) is 6.92 Å². The molecule has 0 spiro atoms. The van der Waals surface area contributed by atoms with E-state index in [1.807, 2.05) is 6.07 Å². The SMILES string of the molecule is CCOC(=O)c1nnn2ccc(Br)cc12. The lowest BCUT2D eigenvalue weighted by Crippen LogP contribution is -2.05. The van der Waals surface area contributed by atoms with Crippen molar-refractivity contribution in [3.63, 3.8) is 0 Å². The molecule has 0 atom stereocenters. The monoisotopic (exact) mass is 269 g/mol. The van der Waals surface area contributed by atoms with Gasteiger partial charge in [-0.1, -0.05) is 21.1 Å². The number of pyridine rings is 1. The fourth-order valence-electron chi connectivity index (χ4n) is 1.21. The fourth-order valence-corrected chi connectivity index (χ4v) is 1.55. The van der Waals surface area contributed by atoms with Crippen molar-refractivity contribution in [3.8, 4) is 0 Å². The Morgan fingerprint density at radius 2 is 2.47 bits per heavy atom.